The maximum atomic E-state index is 13.1. The minimum Gasteiger partial charge on any atom is -0.369 e. The van der Waals surface area contributed by atoms with Crippen LogP contribution in [0.5, 0.6) is 0 Å². The molecular weight excluding hydrogens is 372 g/mol. The van der Waals surface area contributed by atoms with Gasteiger partial charge in [-0.25, -0.2) is 0 Å². The van der Waals surface area contributed by atoms with Gasteiger partial charge in [-0.1, -0.05) is 79.9 Å². The molecule has 0 saturated carbocycles. The van der Waals surface area contributed by atoms with Gasteiger partial charge in [0.2, 0.25) is 5.91 Å². The van der Waals surface area contributed by atoms with E-state index in [0.717, 1.165) is 62.7 Å². The zero-order chi connectivity index (χ0) is 21.2. The molecule has 1 amide bonds. The largest absolute Gasteiger partial charge is 0.369 e. The predicted molar refractivity (Wildman–Crippen MR) is 121 cm³/mol. The van der Waals surface area contributed by atoms with Gasteiger partial charge in [-0.05, 0) is 49.4 Å². The number of hydrogen-bond donors (Lipinski definition) is 1. The molecular formula is C26H34N2O2. The van der Waals surface area contributed by atoms with E-state index in [1.54, 1.807) is 0 Å². The lowest BCUT2D eigenvalue weighted by molar-refractivity contribution is -0.123. The van der Waals surface area contributed by atoms with Crippen LogP contribution in [0.4, 0.5) is 0 Å². The van der Waals surface area contributed by atoms with Gasteiger partial charge in [0.05, 0.1) is 0 Å². The lowest BCUT2D eigenvalue weighted by Crippen LogP contribution is -2.49. The van der Waals surface area contributed by atoms with Crippen molar-refractivity contribution in [2.75, 3.05) is 19.6 Å². The van der Waals surface area contributed by atoms with E-state index in [4.69, 9.17) is 5.73 Å². The minimum atomic E-state index is -0.800. The van der Waals surface area contributed by atoms with Gasteiger partial charge >= 0.3 is 0 Å². The van der Waals surface area contributed by atoms with Gasteiger partial charge in [0.25, 0.3) is 0 Å². The van der Waals surface area contributed by atoms with Crippen molar-refractivity contribution in [2.24, 2.45) is 11.7 Å². The van der Waals surface area contributed by atoms with Crippen LogP contribution in [0.3, 0.4) is 0 Å². The Kier molecular flexibility index (Phi) is 8.21. The zero-order valence-electron chi connectivity index (χ0n) is 17.8. The van der Waals surface area contributed by atoms with Gasteiger partial charge < -0.3 is 15.4 Å². The normalized spacial score (nSPS) is 17.1. The summed E-state index contributed by atoms with van der Waals surface area (Å²) in [5.41, 5.74) is 7.34. The van der Waals surface area contributed by atoms with E-state index in [1.807, 2.05) is 60.7 Å². The van der Waals surface area contributed by atoms with Crippen molar-refractivity contribution >= 4 is 12.2 Å². The first-order valence-corrected chi connectivity index (χ1v) is 11.3. The van der Waals surface area contributed by atoms with Gasteiger partial charge in [-0.15, -0.1) is 0 Å². The summed E-state index contributed by atoms with van der Waals surface area (Å²) in [5.74, 6) is -0.102. The predicted octanol–water partition coefficient (Wildman–Crippen LogP) is 4.32. The number of carbonyl (C=O) groups is 2. The molecule has 30 heavy (non-hydrogen) atoms. The van der Waals surface area contributed by atoms with Crippen molar-refractivity contribution in [1.29, 1.82) is 0 Å². The monoisotopic (exact) mass is 406 g/mol. The Morgan fingerprint density at radius 3 is 2.07 bits per heavy atom. The van der Waals surface area contributed by atoms with Crippen LogP contribution in [0.25, 0.3) is 0 Å². The Bertz CT molecular complexity index is 752. The number of aldehydes is 1. The molecule has 0 spiro atoms. The molecule has 1 heterocycles. The Balaban J connectivity index is 1.71. The molecule has 1 aliphatic rings. The lowest BCUT2D eigenvalue weighted by atomic mass is 9.64. The Hall–Kier alpha value is -2.46. The third kappa shape index (κ3) is 4.99. The second-order valence-corrected chi connectivity index (χ2v) is 8.41. The van der Waals surface area contributed by atoms with Crippen molar-refractivity contribution in [3.05, 3.63) is 71.8 Å². The molecule has 3 rings (SSSR count). The molecule has 0 aliphatic carbocycles. The number of rotatable bonds is 12. The van der Waals surface area contributed by atoms with Crippen LogP contribution in [0.1, 0.15) is 56.1 Å². The first kappa shape index (κ1) is 22.2. The van der Waals surface area contributed by atoms with Crippen LogP contribution < -0.4 is 5.73 Å². The Morgan fingerprint density at radius 2 is 1.50 bits per heavy atom. The molecule has 1 aliphatic heterocycles. The highest BCUT2D eigenvalue weighted by Gasteiger charge is 2.49. The van der Waals surface area contributed by atoms with Gasteiger partial charge in [0, 0.05) is 13.0 Å². The minimum absolute atomic E-state index is 0.160. The number of primary amides is 1. The standard InChI is InChI=1S/C26H34N2O2/c27-25(30)26(22-13-7-5-8-14-22,23-15-9-6-10-16-23)24-17-19-28(21-24)18-11-3-1-2-4-12-20-29/h5-10,13-16,20,24H,1-4,11-12,17-19,21H2,(H2,27,30). The maximum Gasteiger partial charge on any atom is 0.232 e. The van der Waals surface area contributed by atoms with E-state index >= 15 is 0 Å². The van der Waals surface area contributed by atoms with Gasteiger partial charge in [-0.2, -0.15) is 0 Å². The van der Waals surface area contributed by atoms with Crippen LogP contribution in [0.15, 0.2) is 60.7 Å². The van der Waals surface area contributed by atoms with E-state index < -0.39 is 5.41 Å². The fourth-order valence-corrected chi connectivity index (χ4v) is 5.01. The molecule has 2 aromatic rings. The second kappa shape index (κ2) is 11.1. The third-order valence-electron chi connectivity index (χ3n) is 6.53. The molecule has 0 bridgehead atoms. The van der Waals surface area contributed by atoms with Crippen LogP contribution in [-0.4, -0.2) is 36.7 Å². The van der Waals surface area contributed by atoms with Crippen molar-refractivity contribution < 1.29 is 9.59 Å². The molecule has 160 valence electrons. The quantitative estimate of drug-likeness (QED) is 0.422. The average Bonchev–Trinajstić information content (AvgIpc) is 3.24. The van der Waals surface area contributed by atoms with Gasteiger partial charge in [0.15, 0.2) is 0 Å². The van der Waals surface area contributed by atoms with E-state index in [-0.39, 0.29) is 11.8 Å². The van der Waals surface area contributed by atoms with Crippen LogP contribution >= 0.6 is 0 Å². The van der Waals surface area contributed by atoms with Gasteiger partial charge in [0.1, 0.15) is 11.7 Å². The summed E-state index contributed by atoms with van der Waals surface area (Å²) in [6.07, 6.45) is 8.33. The first-order valence-electron chi connectivity index (χ1n) is 11.3. The van der Waals surface area contributed by atoms with E-state index in [9.17, 15) is 9.59 Å². The van der Waals surface area contributed by atoms with Crippen molar-refractivity contribution in [3.8, 4) is 0 Å². The molecule has 1 fully saturated rings. The summed E-state index contributed by atoms with van der Waals surface area (Å²) in [6, 6.07) is 20.1. The summed E-state index contributed by atoms with van der Waals surface area (Å²) in [6.45, 7) is 2.95. The molecule has 2 aromatic carbocycles. The highest BCUT2D eigenvalue weighted by atomic mass is 16.1. The van der Waals surface area contributed by atoms with Crippen molar-refractivity contribution in [1.82, 2.24) is 4.90 Å². The number of nitrogens with zero attached hydrogens (tertiary/aromatic N) is 1. The lowest BCUT2D eigenvalue weighted by Gasteiger charge is -2.37. The maximum absolute atomic E-state index is 13.1. The third-order valence-corrected chi connectivity index (χ3v) is 6.53. The van der Waals surface area contributed by atoms with Crippen LogP contribution in [0, 0.1) is 5.92 Å². The summed E-state index contributed by atoms with van der Waals surface area (Å²) in [4.78, 5) is 26.0. The Morgan fingerprint density at radius 1 is 0.933 bits per heavy atom. The molecule has 1 saturated heterocycles. The average molecular weight is 407 g/mol. The summed E-state index contributed by atoms with van der Waals surface area (Å²) in [7, 11) is 0. The van der Waals surface area contributed by atoms with Crippen LogP contribution in [0.2, 0.25) is 0 Å². The van der Waals surface area contributed by atoms with Crippen LogP contribution in [-0.2, 0) is 15.0 Å². The second-order valence-electron chi connectivity index (χ2n) is 8.41. The van der Waals surface area contributed by atoms with Gasteiger partial charge in [-0.3, -0.25) is 4.79 Å². The number of nitrogens with two attached hydrogens (primary N) is 1. The topological polar surface area (TPSA) is 63.4 Å². The van der Waals surface area contributed by atoms with E-state index in [2.05, 4.69) is 4.90 Å². The van der Waals surface area contributed by atoms with E-state index in [1.165, 1.54) is 12.8 Å². The number of amides is 1. The number of benzene rings is 2. The fourth-order valence-electron chi connectivity index (χ4n) is 5.01. The molecule has 0 radical (unpaired) electrons. The van der Waals surface area contributed by atoms with Crippen molar-refractivity contribution in [2.45, 2.75) is 50.4 Å². The molecule has 4 heteroatoms. The number of carbonyl (C=O) groups excluding carboxylic acids is 2. The van der Waals surface area contributed by atoms with E-state index in [0.29, 0.717) is 6.42 Å². The molecule has 4 nitrogen and oxygen atoms in total. The SMILES string of the molecule is NC(=O)C(c1ccccc1)(c1ccccc1)C1CCN(CCCCCCCC=O)C1. The fraction of sp³-hybridized carbons (Fsp3) is 0.462. The van der Waals surface area contributed by atoms with Crippen molar-refractivity contribution in [3.63, 3.8) is 0 Å². The number of unbranched alkanes of at least 4 members (excludes halogenated alkanes) is 5. The Labute approximate surface area is 180 Å². The molecule has 2 N–H and O–H groups in total. The first-order chi connectivity index (χ1) is 14.7. The molecule has 1 unspecified atom stereocenters. The molecule has 1 atom stereocenters. The molecule has 0 aromatic heterocycles. The summed E-state index contributed by atoms with van der Waals surface area (Å²) in [5, 5.41) is 0. The summed E-state index contributed by atoms with van der Waals surface area (Å²) >= 11 is 0. The zero-order valence-corrected chi connectivity index (χ0v) is 17.8. The highest BCUT2D eigenvalue weighted by molar-refractivity contribution is 5.91. The smallest absolute Gasteiger partial charge is 0.232 e. The highest BCUT2D eigenvalue weighted by Crippen LogP contribution is 2.43. The number of hydrogen-bond acceptors (Lipinski definition) is 3. The summed E-state index contributed by atoms with van der Waals surface area (Å²) < 4.78 is 0. The number of likely N-dealkylation sites (tertiary alicyclic amines) is 1.